The lowest BCUT2D eigenvalue weighted by Gasteiger charge is -1.94. The van der Waals surface area contributed by atoms with Crippen LogP contribution in [0.5, 0.6) is 6.08 Å². The Morgan fingerprint density at radius 2 is 2.40 bits per heavy atom. The predicted octanol–water partition coefficient (Wildman–Crippen LogP) is 1.35. The number of oxazole rings is 1. The lowest BCUT2D eigenvalue weighted by atomic mass is 10.3. The summed E-state index contributed by atoms with van der Waals surface area (Å²) in [6, 6.07) is 4.98. The van der Waals surface area contributed by atoms with Gasteiger partial charge in [-0.2, -0.15) is 4.98 Å². The Morgan fingerprint density at radius 1 is 1.60 bits per heavy atom. The second-order valence-electron chi connectivity index (χ2n) is 2.85. The lowest BCUT2D eigenvalue weighted by molar-refractivity contribution is -0.120. The monoisotopic (exact) mass is 226 g/mol. The van der Waals surface area contributed by atoms with E-state index in [0.29, 0.717) is 16.1 Å². The van der Waals surface area contributed by atoms with Crippen molar-refractivity contribution in [2.45, 2.75) is 0 Å². The van der Waals surface area contributed by atoms with Gasteiger partial charge in [0.25, 0.3) is 5.91 Å². The van der Waals surface area contributed by atoms with Crippen molar-refractivity contribution in [2.75, 3.05) is 6.61 Å². The van der Waals surface area contributed by atoms with Crippen molar-refractivity contribution in [3.05, 3.63) is 23.2 Å². The SMILES string of the molecule is NC(=O)COc1nc2cc(Cl)ccc2o1. The first kappa shape index (κ1) is 9.79. The molecule has 78 valence electrons. The highest BCUT2D eigenvalue weighted by atomic mass is 35.5. The molecule has 0 unspecified atom stereocenters. The number of hydrogen-bond acceptors (Lipinski definition) is 4. The van der Waals surface area contributed by atoms with Gasteiger partial charge in [-0.3, -0.25) is 4.79 Å². The second-order valence-corrected chi connectivity index (χ2v) is 3.28. The minimum atomic E-state index is -0.588. The van der Waals surface area contributed by atoms with Crippen LogP contribution in [0, 0.1) is 0 Å². The first-order chi connectivity index (χ1) is 7.15. The Hall–Kier alpha value is -1.75. The number of aromatic nitrogens is 1. The van der Waals surface area contributed by atoms with E-state index in [1.807, 2.05) is 0 Å². The van der Waals surface area contributed by atoms with Crippen LogP contribution in [0.4, 0.5) is 0 Å². The average molecular weight is 227 g/mol. The fourth-order valence-corrected chi connectivity index (χ4v) is 1.24. The minimum Gasteiger partial charge on any atom is -0.440 e. The predicted molar refractivity (Wildman–Crippen MR) is 53.7 cm³/mol. The maximum atomic E-state index is 10.4. The zero-order chi connectivity index (χ0) is 10.8. The molecule has 6 heteroatoms. The van der Waals surface area contributed by atoms with Crippen LogP contribution in [-0.4, -0.2) is 17.5 Å². The van der Waals surface area contributed by atoms with Crippen molar-refractivity contribution in [1.82, 2.24) is 4.98 Å². The van der Waals surface area contributed by atoms with Gasteiger partial charge in [0.2, 0.25) is 0 Å². The standard InChI is InChI=1S/C9H7ClN2O3/c10-5-1-2-7-6(3-5)12-9(15-7)14-4-8(11)13/h1-3H,4H2,(H2,11,13). The van der Waals surface area contributed by atoms with Crippen molar-refractivity contribution in [2.24, 2.45) is 5.73 Å². The van der Waals surface area contributed by atoms with E-state index >= 15 is 0 Å². The Labute approximate surface area is 89.8 Å². The molecule has 0 atom stereocenters. The Bertz CT molecular complexity index is 509. The van der Waals surface area contributed by atoms with Gasteiger partial charge >= 0.3 is 6.08 Å². The fraction of sp³-hybridized carbons (Fsp3) is 0.111. The van der Waals surface area contributed by atoms with Gasteiger partial charge in [-0.15, -0.1) is 0 Å². The molecule has 1 aromatic heterocycles. The van der Waals surface area contributed by atoms with Gasteiger partial charge in [0.1, 0.15) is 5.52 Å². The largest absolute Gasteiger partial charge is 0.440 e. The molecule has 5 nitrogen and oxygen atoms in total. The third-order valence-corrected chi connectivity index (χ3v) is 1.90. The molecule has 0 spiro atoms. The Morgan fingerprint density at radius 3 is 3.13 bits per heavy atom. The average Bonchev–Trinajstić information content (AvgIpc) is 2.56. The number of carbonyl (C=O) groups is 1. The zero-order valence-electron chi connectivity index (χ0n) is 7.57. The van der Waals surface area contributed by atoms with Crippen LogP contribution in [0.2, 0.25) is 5.02 Å². The van der Waals surface area contributed by atoms with Crippen LogP contribution in [0.15, 0.2) is 22.6 Å². The van der Waals surface area contributed by atoms with Gasteiger partial charge in [-0.05, 0) is 18.2 Å². The number of halogens is 1. The highest BCUT2D eigenvalue weighted by Crippen LogP contribution is 2.23. The van der Waals surface area contributed by atoms with Gasteiger partial charge in [0.05, 0.1) is 0 Å². The topological polar surface area (TPSA) is 78.4 Å². The van der Waals surface area contributed by atoms with Crippen LogP contribution in [-0.2, 0) is 4.79 Å². The highest BCUT2D eigenvalue weighted by molar-refractivity contribution is 6.31. The van der Waals surface area contributed by atoms with Crippen LogP contribution >= 0.6 is 11.6 Å². The highest BCUT2D eigenvalue weighted by Gasteiger charge is 2.07. The van der Waals surface area contributed by atoms with Gasteiger partial charge in [-0.25, -0.2) is 0 Å². The number of ether oxygens (including phenoxy) is 1. The lowest BCUT2D eigenvalue weighted by Crippen LogP contribution is -2.20. The smallest absolute Gasteiger partial charge is 0.395 e. The van der Waals surface area contributed by atoms with E-state index in [-0.39, 0.29) is 12.7 Å². The summed E-state index contributed by atoms with van der Waals surface area (Å²) in [6.45, 7) is -0.263. The van der Waals surface area contributed by atoms with E-state index in [1.165, 1.54) is 0 Å². The van der Waals surface area contributed by atoms with Crippen LogP contribution < -0.4 is 10.5 Å². The summed E-state index contributed by atoms with van der Waals surface area (Å²) in [6.07, 6.45) is 0.00562. The van der Waals surface area contributed by atoms with E-state index in [2.05, 4.69) is 4.98 Å². The Balaban J connectivity index is 2.27. The molecule has 1 amide bonds. The third kappa shape index (κ3) is 2.19. The normalized spacial score (nSPS) is 10.5. The quantitative estimate of drug-likeness (QED) is 0.857. The molecule has 15 heavy (non-hydrogen) atoms. The summed E-state index contributed by atoms with van der Waals surface area (Å²) in [5.41, 5.74) is 6.02. The van der Waals surface area contributed by atoms with Gasteiger partial charge in [-0.1, -0.05) is 11.6 Å². The van der Waals surface area contributed by atoms with E-state index in [9.17, 15) is 4.79 Å². The molecule has 1 aromatic carbocycles. The van der Waals surface area contributed by atoms with Crippen molar-refractivity contribution in [3.63, 3.8) is 0 Å². The van der Waals surface area contributed by atoms with Crippen molar-refractivity contribution >= 4 is 28.6 Å². The summed E-state index contributed by atoms with van der Waals surface area (Å²) in [5, 5.41) is 0.553. The first-order valence-corrected chi connectivity index (χ1v) is 4.50. The maximum absolute atomic E-state index is 10.4. The van der Waals surface area contributed by atoms with Crippen LogP contribution in [0.25, 0.3) is 11.1 Å². The third-order valence-electron chi connectivity index (χ3n) is 1.67. The Kier molecular flexibility index (Phi) is 2.47. The van der Waals surface area contributed by atoms with Gasteiger partial charge < -0.3 is 14.9 Å². The van der Waals surface area contributed by atoms with E-state index in [1.54, 1.807) is 18.2 Å². The number of hydrogen-bond donors (Lipinski definition) is 1. The number of amides is 1. The van der Waals surface area contributed by atoms with E-state index in [4.69, 9.17) is 26.5 Å². The van der Waals surface area contributed by atoms with Crippen molar-refractivity contribution in [3.8, 4) is 6.08 Å². The number of primary amides is 1. The molecule has 0 bridgehead atoms. The van der Waals surface area contributed by atoms with E-state index < -0.39 is 5.91 Å². The molecule has 2 aromatic rings. The van der Waals surface area contributed by atoms with Crippen molar-refractivity contribution in [1.29, 1.82) is 0 Å². The number of carbonyl (C=O) groups excluding carboxylic acids is 1. The molecule has 0 aliphatic heterocycles. The van der Waals surface area contributed by atoms with Crippen LogP contribution in [0.3, 0.4) is 0 Å². The molecular weight excluding hydrogens is 220 g/mol. The molecule has 0 aliphatic carbocycles. The van der Waals surface area contributed by atoms with Gasteiger partial charge in [0.15, 0.2) is 12.2 Å². The number of fused-ring (bicyclic) bond motifs is 1. The number of nitrogens with zero attached hydrogens (tertiary/aromatic N) is 1. The van der Waals surface area contributed by atoms with Crippen molar-refractivity contribution < 1.29 is 13.9 Å². The van der Waals surface area contributed by atoms with Gasteiger partial charge in [0, 0.05) is 5.02 Å². The number of nitrogens with two attached hydrogens (primary N) is 1. The molecular formula is C9H7ClN2O3. The second kappa shape index (κ2) is 3.78. The summed E-state index contributed by atoms with van der Waals surface area (Å²) >= 11 is 5.76. The van der Waals surface area contributed by atoms with E-state index in [0.717, 1.165) is 0 Å². The molecule has 0 radical (unpaired) electrons. The molecule has 0 fully saturated rings. The summed E-state index contributed by atoms with van der Waals surface area (Å²) in [4.78, 5) is 14.4. The zero-order valence-corrected chi connectivity index (χ0v) is 8.32. The molecule has 0 saturated carbocycles. The molecule has 0 saturated heterocycles. The summed E-state index contributed by atoms with van der Waals surface area (Å²) in [5.74, 6) is -0.588. The molecule has 1 heterocycles. The number of rotatable bonds is 3. The first-order valence-electron chi connectivity index (χ1n) is 4.12. The molecule has 2 rings (SSSR count). The van der Waals surface area contributed by atoms with Crippen LogP contribution in [0.1, 0.15) is 0 Å². The number of benzene rings is 1. The summed E-state index contributed by atoms with van der Waals surface area (Å²) < 4.78 is 10.1. The molecule has 0 aliphatic rings. The summed E-state index contributed by atoms with van der Waals surface area (Å²) in [7, 11) is 0. The minimum absolute atomic E-state index is 0.00562. The molecule has 2 N–H and O–H groups in total. The fourth-order valence-electron chi connectivity index (χ4n) is 1.07. The maximum Gasteiger partial charge on any atom is 0.395 e.